The maximum absolute atomic E-state index is 10.6. The van der Waals surface area contributed by atoms with Crippen molar-refractivity contribution in [2.75, 3.05) is 0 Å². The third-order valence-electron chi connectivity index (χ3n) is 3.38. The van der Waals surface area contributed by atoms with Crippen molar-refractivity contribution in [2.24, 2.45) is 0 Å². The summed E-state index contributed by atoms with van der Waals surface area (Å²) >= 11 is 0. The lowest BCUT2D eigenvalue weighted by atomic mass is 10.2. The average Bonchev–Trinajstić information content (AvgIpc) is 2.21. The van der Waals surface area contributed by atoms with E-state index >= 15 is 0 Å². The van der Waals surface area contributed by atoms with Gasteiger partial charge in [0, 0.05) is 0 Å². The van der Waals surface area contributed by atoms with Crippen LogP contribution in [-0.2, 0) is 10.1 Å². The molecule has 0 aliphatic carbocycles. The molecule has 0 aliphatic rings. The first kappa shape index (κ1) is 23.6. The van der Waals surface area contributed by atoms with Crippen LogP contribution in [0.15, 0.2) is 29.2 Å². The molecule has 24 heavy (non-hydrogen) atoms. The number of hydrogen-bond acceptors (Lipinski definition) is 2. The van der Waals surface area contributed by atoms with Crippen LogP contribution >= 0.6 is 7.92 Å². The largest absolute Gasteiger partial charge is 0.294 e. The van der Waals surface area contributed by atoms with Crippen LogP contribution in [0, 0.1) is 6.92 Å². The van der Waals surface area contributed by atoms with Gasteiger partial charge in [0.25, 0.3) is 10.1 Å². The van der Waals surface area contributed by atoms with E-state index in [-0.39, 0.29) is 12.8 Å². The van der Waals surface area contributed by atoms with E-state index in [0.29, 0.717) is 21.0 Å². The quantitative estimate of drug-likeness (QED) is 0.477. The van der Waals surface area contributed by atoms with Crippen LogP contribution in [0.25, 0.3) is 0 Å². The highest BCUT2D eigenvalue weighted by Gasteiger charge is 2.41. The lowest BCUT2D eigenvalue weighted by Gasteiger charge is -2.49. The molecule has 0 heterocycles. The van der Waals surface area contributed by atoms with Gasteiger partial charge in [-0.25, -0.2) is 0 Å². The lowest BCUT2D eigenvalue weighted by molar-refractivity contribution is 0.482. The smallest absolute Gasteiger partial charge is 0.282 e. The van der Waals surface area contributed by atoms with Crippen molar-refractivity contribution in [3.8, 4) is 0 Å². The predicted molar refractivity (Wildman–Crippen MR) is 107 cm³/mol. The fourth-order valence-electron chi connectivity index (χ4n) is 3.86. The van der Waals surface area contributed by atoms with E-state index in [1.807, 2.05) is 0 Å². The molecule has 0 saturated heterocycles. The second-order valence-corrected chi connectivity index (χ2v) is 15.2. The predicted octanol–water partition coefficient (Wildman–Crippen LogP) is 6.11. The Hall–Kier alpha value is -0.440. The first-order valence-electron chi connectivity index (χ1n) is 8.22. The zero-order valence-electron chi connectivity index (χ0n) is 16.9. The SMILES string of the molecule is CC(C)(C)P(C(C)(C)C)C(C)(C)C.Cc1ccccc1S(=O)(=O)O. The zero-order valence-corrected chi connectivity index (χ0v) is 18.6. The van der Waals surface area contributed by atoms with Crippen LogP contribution in [0.5, 0.6) is 0 Å². The van der Waals surface area contributed by atoms with Crippen molar-refractivity contribution < 1.29 is 13.0 Å². The molecule has 0 radical (unpaired) electrons. The molecule has 1 aromatic carbocycles. The van der Waals surface area contributed by atoms with Crippen molar-refractivity contribution in [2.45, 2.75) is 89.6 Å². The molecule has 0 aromatic heterocycles. The molecule has 0 spiro atoms. The van der Waals surface area contributed by atoms with Gasteiger partial charge in [-0.2, -0.15) is 8.42 Å². The molecule has 0 aliphatic heterocycles. The summed E-state index contributed by atoms with van der Waals surface area (Å²) in [5.74, 6) is 0. The molecule has 0 saturated carbocycles. The maximum Gasteiger partial charge on any atom is 0.294 e. The van der Waals surface area contributed by atoms with E-state index in [1.54, 1.807) is 25.1 Å². The molecule has 0 amide bonds. The normalized spacial score (nSPS) is 13.5. The van der Waals surface area contributed by atoms with Gasteiger partial charge in [-0.3, -0.25) is 4.55 Å². The Kier molecular flexibility index (Phi) is 7.70. The minimum Gasteiger partial charge on any atom is -0.282 e. The Morgan fingerprint density at radius 2 is 1.12 bits per heavy atom. The Morgan fingerprint density at radius 3 is 1.29 bits per heavy atom. The van der Waals surface area contributed by atoms with Gasteiger partial charge in [-0.05, 0) is 34.0 Å². The van der Waals surface area contributed by atoms with Gasteiger partial charge in [0.1, 0.15) is 0 Å². The van der Waals surface area contributed by atoms with Crippen LogP contribution in [0.3, 0.4) is 0 Å². The maximum atomic E-state index is 10.6. The first-order valence-corrected chi connectivity index (χ1v) is 11.0. The minimum absolute atomic E-state index is 0.0162. The zero-order chi connectivity index (χ0) is 19.6. The molecule has 0 unspecified atom stereocenters. The number of hydrogen-bond donors (Lipinski definition) is 1. The monoisotopic (exact) mass is 374 g/mol. The summed E-state index contributed by atoms with van der Waals surface area (Å²) in [4.78, 5) is -0.0278. The molecule has 3 nitrogen and oxygen atoms in total. The molecule has 0 fully saturated rings. The summed E-state index contributed by atoms with van der Waals surface area (Å²) in [6.07, 6.45) is 0. The highest BCUT2D eigenvalue weighted by Crippen LogP contribution is 2.66. The van der Waals surface area contributed by atoms with Crippen molar-refractivity contribution >= 4 is 18.0 Å². The molecule has 0 bridgehead atoms. The summed E-state index contributed by atoms with van der Waals surface area (Å²) in [5, 5.41) is 1.35. The molecule has 140 valence electrons. The summed E-state index contributed by atoms with van der Waals surface area (Å²) in [7, 11) is -4.02. The first-order chi connectivity index (χ1) is 10.4. The van der Waals surface area contributed by atoms with Crippen molar-refractivity contribution in [3.05, 3.63) is 29.8 Å². The third kappa shape index (κ3) is 7.63. The summed E-state index contributed by atoms with van der Waals surface area (Å²) in [5.41, 5.74) is 0.551. The van der Waals surface area contributed by atoms with Crippen LogP contribution in [-0.4, -0.2) is 28.4 Å². The van der Waals surface area contributed by atoms with Gasteiger partial charge < -0.3 is 0 Å². The van der Waals surface area contributed by atoms with E-state index in [4.69, 9.17) is 4.55 Å². The Morgan fingerprint density at radius 1 is 0.792 bits per heavy atom. The van der Waals surface area contributed by atoms with Gasteiger partial charge in [0.15, 0.2) is 0 Å². The summed E-state index contributed by atoms with van der Waals surface area (Å²) in [6.45, 7) is 23.1. The van der Waals surface area contributed by atoms with E-state index in [1.165, 1.54) is 6.07 Å². The summed E-state index contributed by atoms with van der Waals surface area (Å²) in [6, 6.07) is 6.27. The highest BCUT2D eigenvalue weighted by molar-refractivity contribution is 7.85. The van der Waals surface area contributed by atoms with Crippen LogP contribution in [0.1, 0.15) is 67.9 Å². The standard InChI is InChI=1S/C12H27P.C7H8O3S/c1-10(2,3)13(11(4,5)6)12(7,8)9;1-6-4-2-3-5-7(6)11(8,9)10/h1-9H3;2-5H,1H3,(H,8,9,10). The molecule has 0 atom stereocenters. The Bertz CT molecular complexity index is 597. The van der Waals surface area contributed by atoms with Crippen molar-refractivity contribution in [1.82, 2.24) is 0 Å². The lowest BCUT2D eigenvalue weighted by Crippen LogP contribution is -2.34. The Labute approximate surface area is 150 Å². The van der Waals surface area contributed by atoms with Crippen LogP contribution in [0.4, 0.5) is 0 Å². The number of benzene rings is 1. The molecular weight excluding hydrogens is 339 g/mol. The summed E-state index contributed by atoms with van der Waals surface area (Å²) < 4.78 is 29.9. The average molecular weight is 375 g/mol. The fourth-order valence-corrected chi connectivity index (χ4v) is 10.6. The molecule has 1 rings (SSSR count). The molecule has 1 N–H and O–H groups in total. The van der Waals surface area contributed by atoms with Crippen molar-refractivity contribution in [1.29, 1.82) is 0 Å². The van der Waals surface area contributed by atoms with Gasteiger partial charge in [-0.1, -0.05) is 88.4 Å². The Balaban J connectivity index is 0.000000446. The van der Waals surface area contributed by atoms with Crippen molar-refractivity contribution in [3.63, 3.8) is 0 Å². The third-order valence-corrected chi connectivity index (χ3v) is 8.42. The van der Waals surface area contributed by atoms with Crippen LogP contribution in [0.2, 0.25) is 0 Å². The van der Waals surface area contributed by atoms with Gasteiger partial charge >= 0.3 is 0 Å². The van der Waals surface area contributed by atoms with E-state index in [9.17, 15) is 8.42 Å². The van der Waals surface area contributed by atoms with E-state index in [2.05, 4.69) is 62.3 Å². The van der Waals surface area contributed by atoms with E-state index in [0.717, 1.165) is 0 Å². The van der Waals surface area contributed by atoms with E-state index < -0.39 is 10.1 Å². The second-order valence-electron chi connectivity index (χ2n) is 9.09. The second kappa shape index (κ2) is 7.85. The minimum atomic E-state index is -4.03. The number of rotatable bonds is 1. The highest BCUT2D eigenvalue weighted by atomic mass is 32.2. The van der Waals surface area contributed by atoms with Gasteiger partial charge in [0.05, 0.1) is 4.90 Å². The van der Waals surface area contributed by atoms with Gasteiger partial charge in [-0.15, -0.1) is 0 Å². The topological polar surface area (TPSA) is 54.4 Å². The number of aryl methyl sites for hydroxylation is 1. The molecule has 5 heteroatoms. The van der Waals surface area contributed by atoms with Crippen LogP contribution < -0.4 is 0 Å². The van der Waals surface area contributed by atoms with Gasteiger partial charge in [0.2, 0.25) is 0 Å². The molecule has 1 aromatic rings. The fraction of sp³-hybridized carbons (Fsp3) is 0.684. The molecular formula is C19H35O3PS.